The topological polar surface area (TPSA) is 80.2 Å². The first-order chi connectivity index (χ1) is 14.4. The van der Waals surface area contributed by atoms with Crippen molar-refractivity contribution >= 4 is 34.9 Å². The summed E-state index contributed by atoms with van der Waals surface area (Å²) in [6, 6.07) is 12.7. The van der Waals surface area contributed by atoms with Crippen LogP contribution in [0.25, 0.3) is 22.5 Å². The Kier molecular flexibility index (Phi) is 5.53. The number of benzene rings is 2. The highest BCUT2D eigenvalue weighted by Crippen LogP contribution is 2.33. The molecule has 0 radical (unpaired) electrons. The van der Waals surface area contributed by atoms with Crippen molar-refractivity contribution in [3.63, 3.8) is 0 Å². The van der Waals surface area contributed by atoms with E-state index in [4.69, 9.17) is 32.4 Å². The second-order valence-electron chi connectivity index (χ2n) is 6.63. The van der Waals surface area contributed by atoms with Gasteiger partial charge in [0.05, 0.1) is 18.9 Å². The fraction of sp³-hybridized carbons (Fsp3) is 0.0909. The molecule has 0 bridgehead atoms. The van der Waals surface area contributed by atoms with E-state index in [0.29, 0.717) is 32.8 Å². The summed E-state index contributed by atoms with van der Waals surface area (Å²) in [5.41, 5.74) is 3.35. The molecule has 0 atom stereocenters. The standard InChI is InChI=1S/C22H17Cl2N3O3/c1-12-3-4-25-21(28)20(12)14-5-13(6-18(7-14)29-2)19-11-26-22(30-19)27-17-9-15(23)8-16(24)10-17/h3-11H,1-2H3,(H,25,28)(H,26,27). The summed E-state index contributed by atoms with van der Waals surface area (Å²) >= 11 is 12.1. The molecule has 0 aliphatic heterocycles. The van der Waals surface area contributed by atoms with E-state index in [2.05, 4.69) is 15.3 Å². The largest absolute Gasteiger partial charge is 0.497 e. The van der Waals surface area contributed by atoms with E-state index >= 15 is 0 Å². The molecule has 4 rings (SSSR count). The van der Waals surface area contributed by atoms with E-state index in [9.17, 15) is 4.79 Å². The Morgan fingerprint density at radius 3 is 2.50 bits per heavy atom. The molecular formula is C22H17Cl2N3O3. The average molecular weight is 442 g/mol. The lowest BCUT2D eigenvalue weighted by Crippen LogP contribution is -2.09. The molecule has 0 aliphatic rings. The summed E-state index contributed by atoms with van der Waals surface area (Å²) in [4.78, 5) is 19.4. The highest BCUT2D eigenvalue weighted by Gasteiger charge is 2.14. The number of nitrogens with zero attached hydrogens (tertiary/aromatic N) is 1. The highest BCUT2D eigenvalue weighted by atomic mass is 35.5. The van der Waals surface area contributed by atoms with E-state index in [1.165, 1.54) is 0 Å². The molecule has 0 fully saturated rings. The summed E-state index contributed by atoms with van der Waals surface area (Å²) in [6.07, 6.45) is 3.22. The van der Waals surface area contributed by atoms with Crippen LogP contribution in [0.5, 0.6) is 5.75 Å². The number of hydrogen-bond acceptors (Lipinski definition) is 5. The van der Waals surface area contributed by atoms with Crippen LogP contribution in [0.15, 0.2) is 64.1 Å². The summed E-state index contributed by atoms with van der Waals surface area (Å²) in [5.74, 6) is 1.11. The van der Waals surface area contributed by atoms with Gasteiger partial charge in [0.15, 0.2) is 5.76 Å². The molecule has 0 saturated heterocycles. The van der Waals surface area contributed by atoms with Crippen LogP contribution < -0.4 is 15.6 Å². The number of ether oxygens (including phenoxy) is 1. The minimum absolute atomic E-state index is 0.174. The molecule has 2 aromatic carbocycles. The molecule has 30 heavy (non-hydrogen) atoms. The number of pyridine rings is 1. The molecule has 0 saturated carbocycles. The van der Waals surface area contributed by atoms with Crippen LogP contribution in [0.1, 0.15) is 5.56 Å². The number of methoxy groups -OCH3 is 1. The van der Waals surface area contributed by atoms with Gasteiger partial charge in [-0.2, -0.15) is 0 Å². The van der Waals surface area contributed by atoms with Gasteiger partial charge in [-0.15, -0.1) is 0 Å². The van der Waals surface area contributed by atoms with Crippen molar-refractivity contribution in [2.45, 2.75) is 6.92 Å². The van der Waals surface area contributed by atoms with E-state index in [0.717, 1.165) is 16.7 Å². The van der Waals surface area contributed by atoms with Gasteiger partial charge in [0.2, 0.25) is 0 Å². The lowest BCUT2D eigenvalue weighted by atomic mass is 9.99. The normalized spacial score (nSPS) is 10.8. The van der Waals surface area contributed by atoms with E-state index < -0.39 is 0 Å². The lowest BCUT2D eigenvalue weighted by molar-refractivity contribution is 0.415. The quantitative estimate of drug-likeness (QED) is 0.393. The number of aryl methyl sites for hydroxylation is 1. The third-order valence-electron chi connectivity index (χ3n) is 4.50. The van der Waals surface area contributed by atoms with Crippen molar-refractivity contribution in [2.75, 3.05) is 12.4 Å². The molecule has 4 aromatic rings. The van der Waals surface area contributed by atoms with Gasteiger partial charge in [-0.1, -0.05) is 23.2 Å². The monoisotopic (exact) mass is 441 g/mol. The van der Waals surface area contributed by atoms with Crippen molar-refractivity contribution in [3.8, 4) is 28.2 Å². The molecule has 0 spiro atoms. The first-order valence-corrected chi connectivity index (χ1v) is 9.75. The number of nitrogens with one attached hydrogen (secondary N) is 2. The van der Waals surface area contributed by atoms with Gasteiger partial charge in [0, 0.05) is 27.5 Å². The van der Waals surface area contributed by atoms with Crippen LogP contribution in [0, 0.1) is 6.92 Å². The maximum absolute atomic E-state index is 12.4. The minimum Gasteiger partial charge on any atom is -0.497 e. The second-order valence-corrected chi connectivity index (χ2v) is 7.50. The third kappa shape index (κ3) is 4.20. The molecule has 2 aromatic heterocycles. The molecule has 0 unspecified atom stereocenters. The zero-order chi connectivity index (χ0) is 21.3. The fourth-order valence-corrected chi connectivity index (χ4v) is 3.68. The summed E-state index contributed by atoms with van der Waals surface area (Å²) < 4.78 is 11.3. The van der Waals surface area contributed by atoms with E-state index in [1.54, 1.807) is 37.7 Å². The Labute approximate surface area is 182 Å². The molecule has 0 aliphatic carbocycles. The third-order valence-corrected chi connectivity index (χ3v) is 4.94. The summed E-state index contributed by atoms with van der Waals surface area (Å²) in [5, 5.41) is 4.03. The van der Waals surface area contributed by atoms with Crippen molar-refractivity contribution in [2.24, 2.45) is 0 Å². The Morgan fingerprint density at radius 1 is 1.07 bits per heavy atom. The van der Waals surface area contributed by atoms with E-state index in [1.807, 2.05) is 31.2 Å². The van der Waals surface area contributed by atoms with Crippen LogP contribution in [-0.4, -0.2) is 17.1 Å². The second kappa shape index (κ2) is 8.26. The number of halogens is 2. The predicted octanol–water partition coefficient (Wildman–Crippen LogP) is 6.06. The average Bonchev–Trinajstić information content (AvgIpc) is 3.15. The first kappa shape index (κ1) is 20.1. The number of hydrogen-bond donors (Lipinski definition) is 2. The van der Waals surface area contributed by atoms with Crippen molar-refractivity contribution in [1.29, 1.82) is 0 Å². The number of aromatic amines is 1. The number of rotatable bonds is 5. The Hall–Kier alpha value is -3.22. The Bertz CT molecular complexity index is 1260. The molecular weight excluding hydrogens is 425 g/mol. The zero-order valence-electron chi connectivity index (χ0n) is 16.1. The molecule has 2 heterocycles. The molecule has 6 nitrogen and oxygen atoms in total. The lowest BCUT2D eigenvalue weighted by Gasteiger charge is -2.09. The fourth-order valence-electron chi connectivity index (χ4n) is 3.15. The van der Waals surface area contributed by atoms with Gasteiger partial charge < -0.3 is 19.5 Å². The highest BCUT2D eigenvalue weighted by molar-refractivity contribution is 6.35. The van der Waals surface area contributed by atoms with Crippen LogP contribution in [0.2, 0.25) is 10.0 Å². The molecule has 152 valence electrons. The van der Waals surface area contributed by atoms with Gasteiger partial charge >= 0.3 is 0 Å². The van der Waals surface area contributed by atoms with Gasteiger partial charge in [0.1, 0.15) is 5.75 Å². The van der Waals surface area contributed by atoms with Gasteiger partial charge in [-0.25, -0.2) is 4.98 Å². The number of oxazole rings is 1. The van der Waals surface area contributed by atoms with Crippen LogP contribution in [0.3, 0.4) is 0 Å². The van der Waals surface area contributed by atoms with Crippen molar-refractivity contribution < 1.29 is 9.15 Å². The SMILES string of the molecule is COc1cc(-c2cnc(Nc3cc(Cl)cc(Cl)c3)o2)cc(-c2c(C)cc[nH]c2=O)c1. The van der Waals surface area contributed by atoms with E-state index in [-0.39, 0.29) is 11.6 Å². The predicted molar refractivity (Wildman–Crippen MR) is 119 cm³/mol. The van der Waals surface area contributed by atoms with Gasteiger partial charge in [0.25, 0.3) is 11.6 Å². The Morgan fingerprint density at radius 2 is 1.80 bits per heavy atom. The zero-order valence-corrected chi connectivity index (χ0v) is 17.6. The molecule has 8 heteroatoms. The van der Waals surface area contributed by atoms with Crippen molar-refractivity contribution in [1.82, 2.24) is 9.97 Å². The molecule has 0 amide bonds. The maximum atomic E-state index is 12.4. The first-order valence-electron chi connectivity index (χ1n) is 9.00. The van der Waals surface area contributed by atoms with Gasteiger partial charge in [-0.3, -0.25) is 4.79 Å². The number of H-pyrrole nitrogens is 1. The Balaban J connectivity index is 1.72. The number of aromatic nitrogens is 2. The maximum Gasteiger partial charge on any atom is 0.299 e. The summed E-state index contributed by atoms with van der Waals surface area (Å²) in [7, 11) is 1.57. The van der Waals surface area contributed by atoms with Crippen LogP contribution in [-0.2, 0) is 0 Å². The smallest absolute Gasteiger partial charge is 0.299 e. The minimum atomic E-state index is -0.174. The van der Waals surface area contributed by atoms with Crippen LogP contribution >= 0.6 is 23.2 Å². The summed E-state index contributed by atoms with van der Waals surface area (Å²) in [6.45, 7) is 1.89. The van der Waals surface area contributed by atoms with Crippen LogP contribution in [0.4, 0.5) is 11.7 Å². The van der Waals surface area contributed by atoms with Gasteiger partial charge in [-0.05, 0) is 60.5 Å². The molecule has 2 N–H and O–H groups in total. The van der Waals surface area contributed by atoms with Crippen molar-refractivity contribution in [3.05, 3.63) is 80.8 Å². The number of anilines is 2.